The van der Waals surface area contributed by atoms with E-state index in [1.54, 1.807) is 9.80 Å². The van der Waals surface area contributed by atoms with E-state index < -0.39 is 11.8 Å². The number of hydrogen-bond donors (Lipinski definition) is 1. The molecular formula is C15H25N3O3. The molecule has 2 rings (SSSR count). The van der Waals surface area contributed by atoms with E-state index in [-0.39, 0.29) is 11.9 Å². The molecule has 1 N–H and O–H groups in total. The Hall–Kier alpha value is -1.59. The van der Waals surface area contributed by atoms with Crippen molar-refractivity contribution in [3.05, 3.63) is 0 Å². The number of hydrogen-bond acceptors (Lipinski definition) is 3. The van der Waals surface area contributed by atoms with Crippen LogP contribution in [0.1, 0.15) is 45.4 Å². The smallest absolute Gasteiger partial charge is 0.312 e. The maximum atomic E-state index is 12.1. The van der Waals surface area contributed by atoms with E-state index in [0.29, 0.717) is 26.2 Å². The van der Waals surface area contributed by atoms with E-state index >= 15 is 0 Å². The first-order valence-electron chi connectivity index (χ1n) is 7.93. The third kappa shape index (κ3) is 4.44. The molecule has 2 aliphatic rings. The molecule has 0 unspecified atom stereocenters. The van der Waals surface area contributed by atoms with Gasteiger partial charge in [0.15, 0.2) is 0 Å². The highest BCUT2D eigenvalue weighted by molar-refractivity contribution is 6.35. The van der Waals surface area contributed by atoms with Gasteiger partial charge in [-0.2, -0.15) is 0 Å². The van der Waals surface area contributed by atoms with Crippen molar-refractivity contribution in [2.45, 2.75) is 51.5 Å². The van der Waals surface area contributed by atoms with E-state index in [0.717, 1.165) is 25.7 Å². The molecule has 21 heavy (non-hydrogen) atoms. The Morgan fingerprint density at radius 3 is 1.90 bits per heavy atom. The standard InChI is InChI=1S/C15H25N3O3/c1-12(19)17-8-10-18(11-9-17)15(21)14(20)16-13-6-4-2-3-5-7-13/h13H,2-11H2,1H3,(H,16,20). The van der Waals surface area contributed by atoms with Gasteiger partial charge in [-0.05, 0) is 12.8 Å². The lowest BCUT2D eigenvalue weighted by atomic mass is 10.1. The minimum atomic E-state index is -0.488. The van der Waals surface area contributed by atoms with Gasteiger partial charge < -0.3 is 15.1 Å². The van der Waals surface area contributed by atoms with Crippen LogP contribution in [-0.4, -0.2) is 59.7 Å². The van der Waals surface area contributed by atoms with E-state index in [2.05, 4.69) is 5.32 Å². The summed E-state index contributed by atoms with van der Waals surface area (Å²) in [6.45, 7) is 3.43. The summed E-state index contributed by atoms with van der Waals surface area (Å²) in [7, 11) is 0. The molecule has 1 aliphatic heterocycles. The Morgan fingerprint density at radius 2 is 1.38 bits per heavy atom. The monoisotopic (exact) mass is 295 g/mol. The molecule has 1 saturated carbocycles. The topological polar surface area (TPSA) is 69.7 Å². The van der Waals surface area contributed by atoms with Gasteiger partial charge in [0.25, 0.3) is 0 Å². The Bertz CT molecular complexity index is 395. The summed E-state index contributed by atoms with van der Waals surface area (Å²) in [6.07, 6.45) is 6.61. The molecule has 0 aromatic heterocycles. The number of rotatable bonds is 1. The third-order valence-corrected chi connectivity index (χ3v) is 4.40. The van der Waals surface area contributed by atoms with Gasteiger partial charge in [0.1, 0.15) is 0 Å². The molecule has 0 radical (unpaired) electrons. The van der Waals surface area contributed by atoms with E-state index in [1.165, 1.54) is 19.8 Å². The van der Waals surface area contributed by atoms with Crippen LogP contribution in [0.3, 0.4) is 0 Å². The lowest BCUT2D eigenvalue weighted by molar-refractivity contribution is -0.148. The Labute approximate surface area is 125 Å². The molecule has 1 heterocycles. The maximum Gasteiger partial charge on any atom is 0.312 e. The van der Waals surface area contributed by atoms with Crippen molar-refractivity contribution in [2.75, 3.05) is 26.2 Å². The van der Waals surface area contributed by atoms with E-state index in [4.69, 9.17) is 0 Å². The normalized spacial score (nSPS) is 20.8. The van der Waals surface area contributed by atoms with Crippen molar-refractivity contribution in [3.63, 3.8) is 0 Å². The van der Waals surface area contributed by atoms with Crippen LogP contribution in [0.4, 0.5) is 0 Å². The SMILES string of the molecule is CC(=O)N1CCN(C(=O)C(=O)NC2CCCCCC2)CC1. The second-order valence-electron chi connectivity index (χ2n) is 5.96. The molecule has 3 amide bonds. The first kappa shape index (κ1) is 15.8. The van der Waals surface area contributed by atoms with E-state index in [1.807, 2.05) is 0 Å². The number of nitrogens with one attached hydrogen (secondary N) is 1. The molecule has 1 saturated heterocycles. The van der Waals surface area contributed by atoms with Crippen LogP contribution in [0, 0.1) is 0 Å². The first-order chi connectivity index (χ1) is 10.1. The largest absolute Gasteiger partial charge is 0.345 e. The van der Waals surface area contributed by atoms with Crippen molar-refractivity contribution in [3.8, 4) is 0 Å². The summed E-state index contributed by atoms with van der Waals surface area (Å²) in [5.41, 5.74) is 0. The molecule has 6 nitrogen and oxygen atoms in total. The summed E-state index contributed by atoms with van der Waals surface area (Å²) in [6, 6.07) is 0.141. The lowest BCUT2D eigenvalue weighted by Gasteiger charge is -2.34. The number of nitrogens with zero attached hydrogens (tertiary/aromatic N) is 2. The quantitative estimate of drug-likeness (QED) is 0.566. The number of amides is 3. The number of carbonyl (C=O) groups is 3. The summed E-state index contributed by atoms with van der Waals surface area (Å²) >= 11 is 0. The lowest BCUT2D eigenvalue weighted by Crippen LogP contribution is -2.54. The Kier molecular flexibility index (Phi) is 5.59. The third-order valence-electron chi connectivity index (χ3n) is 4.40. The fourth-order valence-electron chi connectivity index (χ4n) is 3.04. The summed E-state index contributed by atoms with van der Waals surface area (Å²) in [4.78, 5) is 38.7. The average molecular weight is 295 g/mol. The Balaban J connectivity index is 1.79. The zero-order chi connectivity index (χ0) is 15.2. The highest BCUT2D eigenvalue weighted by atomic mass is 16.2. The molecule has 2 fully saturated rings. The van der Waals surface area contributed by atoms with Gasteiger partial charge in [-0.1, -0.05) is 25.7 Å². The van der Waals surface area contributed by atoms with Crippen LogP contribution in [0.25, 0.3) is 0 Å². The van der Waals surface area contributed by atoms with Crippen LogP contribution < -0.4 is 5.32 Å². The molecule has 0 atom stereocenters. The van der Waals surface area contributed by atoms with Gasteiger partial charge in [-0.3, -0.25) is 14.4 Å². The fourth-order valence-corrected chi connectivity index (χ4v) is 3.04. The molecule has 1 aliphatic carbocycles. The predicted molar refractivity (Wildman–Crippen MR) is 78.5 cm³/mol. The van der Waals surface area contributed by atoms with Crippen molar-refractivity contribution >= 4 is 17.7 Å². The zero-order valence-electron chi connectivity index (χ0n) is 12.8. The second kappa shape index (κ2) is 7.43. The van der Waals surface area contributed by atoms with Gasteiger partial charge in [0, 0.05) is 39.1 Å². The molecule has 0 aromatic carbocycles. The number of carbonyl (C=O) groups excluding carboxylic acids is 3. The van der Waals surface area contributed by atoms with Crippen molar-refractivity contribution in [1.82, 2.24) is 15.1 Å². The van der Waals surface area contributed by atoms with Gasteiger partial charge in [0.05, 0.1) is 0 Å². The molecular weight excluding hydrogens is 270 g/mol. The van der Waals surface area contributed by atoms with Crippen molar-refractivity contribution in [2.24, 2.45) is 0 Å². The predicted octanol–water partition coefficient (Wildman–Crippen LogP) is 0.516. The fraction of sp³-hybridized carbons (Fsp3) is 0.800. The molecule has 0 aromatic rings. The highest BCUT2D eigenvalue weighted by Crippen LogP contribution is 2.17. The highest BCUT2D eigenvalue weighted by Gasteiger charge is 2.28. The van der Waals surface area contributed by atoms with Crippen LogP contribution in [-0.2, 0) is 14.4 Å². The van der Waals surface area contributed by atoms with Gasteiger partial charge in [-0.15, -0.1) is 0 Å². The maximum absolute atomic E-state index is 12.1. The van der Waals surface area contributed by atoms with Crippen molar-refractivity contribution in [1.29, 1.82) is 0 Å². The summed E-state index contributed by atoms with van der Waals surface area (Å²) in [5, 5.41) is 2.88. The zero-order valence-corrected chi connectivity index (χ0v) is 12.8. The van der Waals surface area contributed by atoms with Gasteiger partial charge in [0.2, 0.25) is 5.91 Å². The molecule has 0 spiro atoms. The van der Waals surface area contributed by atoms with Crippen molar-refractivity contribution < 1.29 is 14.4 Å². The summed E-state index contributed by atoms with van der Waals surface area (Å²) in [5.74, 6) is -0.925. The van der Waals surface area contributed by atoms with Crippen LogP contribution in [0.5, 0.6) is 0 Å². The minimum Gasteiger partial charge on any atom is -0.345 e. The molecule has 6 heteroatoms. The average Bonchev–Trinajstić information content (AvgIpc) is 2.75. The minimum absolute atomic E-state index is 0.0185. The molecule has 0 bridgehead atoms. The first-order valence-corrected chi connectivity index (χ1v) is 7.93. The Morgan fingerprint density at radius 1 is 0.857 bits per heavy atom. The van der Waals surface area contributed by atoms with E-state index in [9.17, 15) is 14.4 Å². The number of piperazine rings is 1. The summed E-state index contributed by atoms with van der Waals surface area (Å²) < 4.78 is 0. The van der Waals surface area contributed by atoms with Gasteiger partial charge in [-0.25, -0.2) is 0 Å². The van der Waals surface area contributed by atoms with Crippen LogP contribution >= 0.6 is 0 Å². The molecule has 118 valence electrons. The van der Waals surface area contributed by atoms with Crippen LogP contribution in [0.2, 0.25) is 0 Å². The van der Waals surface area contributed by atoms with Crippen LogP contribution in [0.15, 0.2) is 0 Å². The second-order valence-corrected chi connectivity index (χ2v) is 5.96. The van der Waals surface area contributed by atoms with Gasteiger partial charge >= 0.3 is 11.8 Å².